The van der Waals surface area contributed by atoms with Crippen molar-refractivity contribution in [2.45, 2.75) is 38.1 Å². The predicted molar refractivity (Wildman–Crippen MR) is 112 cm³/mol. The summed E-state index contributed by atoms with van der Waals surface area (Å²) >= 11 is 6.10. The summed E-state index contributed by atoms with van der Waals surface area (Å²) in [5.74, 6) is 0.116. The van der Waals surface area contributed by atoms with E-state index in [1.54, 1.807) is 50.2 Å². The number of hydrogen-bond donors (Lipinski definition) is 1. The van der Waals surface area contributed by atoms with E-state index in [-0.39, 0.29) is 17.2 Å². The van der Waals surface area contributed by atoms with Gasteiger partial charge in [0.25, 0.3) is 0 Å². The third kappa shape index (κ3) is 4.35. The van der Waals surface area contributed by atoms with E-state index in [9.17, 15) is 16.8 Å². The molecule has 1 N–H and O–H groups in total. The standard InChI is InChI=1S/C19H23ClN2O4S2/c1-14-11-17(22-9-5-6-10-27(22,23)24)12-15(2)19(14)28(25,26)21-13-16-7-3-4-8-18(16)20/h3-4,7-8,11-12,21H,5-6,9-10,13H2,1-2H3. The molecule has 9 heteroatoms. The highest BCUT2D eigenvalue weighted by Crippen LogP contribution is 2.30. The van der Waals surface area contributed by atoms with Crippen LogP contribution < -0.4 is 9.03 Å². The summed E-state index contributed by atoms with van der Waals surface area (Å²) in [6.07, 6.45) is 1.44. The lowest BCUT2D eigenvalue weighted by molar-refractivity contribution is 0.574. The zero-order chi connectivity index (χ0) is 20.5. The van der Waals surface area contributed by atoms with E-state index in [4.69, 9.17) is 11.6 Å². The van der Waals surface area contributed by atoms with Gasteiger partial charge in [0.05, 0.1) is 16.3 Å². The van der Waals surface area contributed by atoms with Crippen molar-refractivity contribution < 1.29 is 16.8 Å². The summed E-state index contributed by atoms with van der Waals surface area (Å²) in [6.45, 7) is 3.84. The van der Waals surface area contributed by atoms with E-state index in [2.05, 4.69) is 4.72 Å². The maximum absolute atomic E-state index is 12.9. The third-order valence-electron chi connectivity index (χ3n) is 4.76. The molecule has 6 nitrogen and oxygen atoms in total. The molecule has 1 heterocycles. The van der Waals surface area contributed by atoms with Gasteiger partial charge >= 0.3 is 0 Å². The van der Waals surface area contributed by atoms with Crippen LogP contribution in [0.2, 0.25) is 5.02 Å². The number of benzene rings is 2. The largest absolute Gasteiger partial charge is 0.270 e. The molecule has 0 saturated carbocycles. The molecule has 0 unspecified atom stereocenters. The molecular weight excluding hydrogens is 420 g/mol. The molecule has 2 aromatic rings. The molecule has 0 atom stereocenters. The van der Waals surface area contributed by atoms with Gasteiger partial charge in [-0.15, -0.1) is 0 Å². The second kappa shape index (κ2) is 8.02. The number of anilines is 1. The minimum Gasteiger partial charge on any atom is -0.270 e. The summed E-state index contributed by atoms with van der Waals surface area (Å²) in [5.41, 5.74) is 2.20. The van der Waals surface area contributed by atoms with Crippen molar-refractivity contribution in [1.29, 1.82) is 0 Å². The summed E-state index contributed by atoms with van der Waals surface area (Å²) in [5, 5.41) is 0.490. The van der Waals surface area contributed by atoms with Gasteiger partial charge in [0.15, 0.2) is 0 Å². The lowest BCUT2D eigenvalue weighted by atomic mass is 10.1. The highest BCUT2D eigenvalue weighted by Gasteiger charge is 2.28. The SMILES string of the molecule is Cc1cc(N2CCCCS2(=O)=O)cc(C)c1S(=O)(=O)NCc1ccccc1Cl. The van der Waals surface area contributed by atoms with Crippen molar-refractivity contribution in [2.24, 2.45) is 0 Å². The molecule has 0 spiro atoms. The lowest BCUT2D eigenvalue weighted by Crippen LogP contribution is -2.38. The Balaban J connectivity index is 1.91. The van der Waals surface area contributed by atoms with Gasteiger partial charge in [0.1, 0.15) is 0 Å². The first-order chi connectivity index (χ1) is 13.1. The molecule has 3 rings (SSSR count). The molecule has 28 heavy (non-hydrogen) atoms. The van der Waals surface area contributed by atoms with Crippen molar-refractivity contribution >= 4 is 37.3 Å². The van der Waals surface area contributed by atoms with Gasteiger partial charge in [0.2, 0.25) is 20.0 Å². The first-order valence-corrected chi connectivity index (χ1v) is 12.4. The molecule has 0 aliphatic carbocycles. The van der Waals surface area contributed by atoms with Crippen molar-refractivity contribution in [3.05, 3.63) is 58.1 Å². The zero-order valence-electron chi connectivity index (χ0n) is 15.8. The van der Waals surface area contributed by atoms with Crippen LogP contribution >= 0.6 is 11.6 Å². The molecule has 152 valence electrons. The Morgan fingerprint density at radius 3 is 2.36 bits per heavy atom. The van der Waals surface area contributed by atoms with Gasteiger partial charge in [-0.1, -0.05) is 29.8 Å². The van der Waals surface area contributed by atoms with E-state index >= 15 is 0 Å². The third-order valence-corrected chi connectivity index (χ3v) is 8.71. The Kier molecular flexibility index (Phi) is 6.05. The van der Waals surface area contributed by atoms with Crippen LogP contribution in [-0.4, -0.2) is 29.1 Å². The van der Waals surface area contributed by atoms with Crippen molar-refractivity contribution in [1.82, 2.24) is 4.72 Å². The Labute approximate surface area is 171 Å². The van der Waals surface area contributed by atoms with Gasteiger partial charge in [-0.25, -0.2) is 21.6 Å². The van der Waals surface area contributed by atoms with E-state index < -0.39 is 20.0 Å². The molecule has 0 amide bonds. The van der Waals surface area contributed by atoms with Crippen LogP contribution in [0.5, 0.6) is 0 Å². The molecule has 0 bridgehead atoms. The van der Waals surface area contributed by atoms with E-state index in [1.165, 1.54) is 4.31 Å². The summed E-state index contributed by atoms with van der Waals surface area (Å²) in [6, 6.07) is 10.3. The monoisotopic (exact) mass is 442 g/mol. The summed E-state index contributed by atoms with van der Waals surface area (Å²) < 4.78 is 54.5. The van der Waals surface area contributed by atoms with Crippen LogP contribution in [-0.2, 0) is 26.6 Å². The minimum absolute atomic E-state index is 0.0726. The molecular formula is C19H23ClN2O4S2. The second-order valence-corrected chi connectivity index (χ2v) is 11.0. The second-order valence-electron chi connectivity index (χ2n) is 6.92. The molecule has 1 aliphatic rings. The Hall–Kier alpha value is -1.61. The van der Waals surface area contributed by atoms with Crippen LogP contribution in [0.25, 0.3) is 0 Å². The fraction of sp³-hybridized carbons (Fsp3) is 0.368. The van der Waals surface area contributed by atoms with Crippen LogP contribution in [0.4, 0.5) is 5.69 Å². The molecule has 0 aromatic heterocycles. The molecule has 1 saturated heterocycles. The number of nitrogens with one attached hydrogen (secondary N) is 1. The molecule has 2 aromatic carbocycles. The van der Waals surface area contributed by atoms with Crippen LogP contribution in [0.15, 0.2) is 41.3 Å². The van der Waals surface area contributed by atoms with Gasteiger partial charge in [-0.2, -0.15) is 0 Å². The van der Waals surface area contributed by atoms with Gasteiger partial charge in [-0.05, 0) is 61.6 Å². The summed E-state index contributed by atoms with van der Waals surface area (Å²) in [4.78, 5) is 0.165. The Bertz CT molecular complexity index is 1080. The number of rotatable bonds is 5. The van der Waals surface area contributed by atoms with Crippen molar-refractivity contribution in [3.63, 3.8) is 0 Å². The van der Waals surface area contributed by atoms with Gasteiger partial charge in [-0.3, -0.25) is 4.31 Å². The summed E-state index contributed by atoms with van der Waals surface area (Å²) in [7, 11) is -7.15. The molecule has 1 aliphatic heterocycles. The van der Waals surface area contributed by atoms with Crippen LogP contribution in [0, 0.1) is 13.8 Å². The van der Waals surface area contributed by atoms with E-state index in [0.717, 1.165) is 6.42 Å². The first kappa shape index (κ1) is 21.1. The molecule has 1 fully saturated rings. The highest BCUT2D eigenvalue weighted by molar-refractivity contribution is 7.92. The topological polar surface area (TPSA) is 83.6 Å². The Morgan fingerprint density at radius 2 is 1.75 bits per heavy atom. The van der Waals surface area contributed by atoms with Crippen LogP contribution in [0.1, 0.15) is 29.5 Å². The number of nitrogens with zero attached hydrogens (tertiary/aromatic N) is 1. The van der Waals surface area contributed by atoms with Crippen molar-refractivity contribution in [2.75, 3.05) is 16.6 Å². The minimum atomic E-state index is -3.79. The van der Waals surface area contributed by atoms with Crippen LogP contribution in [0.3, 0.4) is 0 Å². The highest BCUT2D eigenvalue weighted by atomic mass is 35.5. The fourth-order valence-electron chi connectivity index (χ4n) is 3.46. The number of halogens is 1. The average molecular weight is 443 g/mol. The van der Waals surface area contributed by atoms with E-state index in [1.807, 2.05) is 0 Å². The lowest BCUT2D eigenvalue weighted by Gasteiger charge is -2.29. The maximum Gasteiger partial charge on any atom is 0.241 e. The quantitative estimate of drug-likeness (QED) is 0.769. The fourth-order valence-corrected chi connectivity index (χ4v) is 6.74. The van der Waals surface area contributed by atoms with E-state index in [0.29, 0.717) is 40.4 Å². The maximum atomic E-state index is 12.9. The Morgan fingerprint density at radius 1 is 1.11 bits per heavy atom. The average Bonchev–Trinajstić information content (AvgIpc) is 2.59. The normalized spacial score (nSPS) is 16.9. The smallest absolute Gasteiger partial charge is 0.241 e. The predicted octanol–water partition coefficient (Wildman–Crippen LogP) is 3.37. The molecule has 0 radical (unpaired) electrons. The van der Waals surface area contributed by atoms with Gasteiger partial charge < -0.3 is 0 Å². The number of aryl methyl sites for hydroxylation is 2. The van der Waals surface area contributed by atoms with Crippen molar-refractivity contribution in [3.8, 4) is 0 Å². The number of hydrogen-bond acceptors (Lipinski definition) is 4. The zero-order valence-corrected chi connectivity index (χ0v) is 18.2. The first-order valence-electron chi connectivity index (χ1n) is 8.96. The van der Waals surface area contributed by atoms with Gasteiger partial charge in [0, 0.05) is 18.1 Å². The number of sulfonamides is 2.